The van der Waals surface area contributed by atoms with Crippen LogP contribution in [0.2, 0.25) is 0 Å². The second kappa shape index (κ2) is 10.9. The maximum Gasteiger partial charge on any atom is 0.172 e. The molecule has 0 bridgehead atoms. The number of allylic oxidation sites excluding steroid dienone is 6. The van der Waals surface area contributed by atoms with E-state index in [0.29, 0.717) is 6.42 Å². The maximum atomic E-state index is 12.6. The number of Topliss-reactive ketones (excluding diaryl/α,β-unsaturated/α-hetero) is 1. The Morgan fingerprint density at radius 2 is 1.28 bits per heavy atom. The Balaban J connectivity index is 3.43. The zero-order valence-electron chi connectivity index (χ0n) is 18.9. The fraction of sp³-hybridized carbons (Fsp3) is 0.480. The maximum absolute atomic E-state index is 12.6. The Labute approximate surface area is 175 Å². The molecule has 1 aromatic carbocycles. The van der Waals surface area contributed by atoms with Gasteiger partial charge in [-0.15, -0.1) is 0 Å². The Morgan fingerprint density at radius 3 is 1.72 bits per heavy atom. The Kier molecular flexibility index (Phi) is 9.22. The Bertz CT molecular complexity index is 831. The summed E-state index contributed by atoms with van der Waals surface area (Å²) in [6.45, 7) is 13.4. The fourth-order valence-electron chi connectivity index (χ4n) is 3.00. The van der Waals surface area contributed by atoms with Gasteiger partial charge in [0.2, 0.25) is 0 Å². The van der Waals surface area contributed by atoms with Gasteiger partial charge in [0.25, 0.3) is 0 Å². The van der Waals surface area contributed by atoms with E-state index in [1.54, 1.807) is 13.8 Å². The van der Waals surface area contributed by atoms with Crippen LogP contribution in [0.25, 0.3) is 0 Å². The zero-order chi connectivity index (χ0) is 22.3. The molecule has 0 aliphatic carbocycles. The molecule has 0 fully saturated rings. The minimum absolute atomic E-state index is 0.0967. The van der Waals surface area contributed by atoms with Gasteiger partial charge in [0.05, 0.1) is 0 Å². The molecular formula is C25H36O4. The van der Waals surface area contributed by atoms with Gasteiger partial charge in [-0.05, 0) is 60.3 Å². The predicted molar refractivity (Wildman–Crippen MR) is 120 cm³/mol. The van der Waals surface area contributed by atoms with Crippen molar-refractivity contribution in [3.63, 3.8) is 0 Å². The minimum Gasteiger partial charge on any atom is -0.507 e. The summed E-state index contributed by atoms with van der Waals surface area (Å²) < 4.78 is 0. The number of hydrogen-bond acceptors (Lipinski definition) is 4. The molecule has 0 heterocycles. The molecule has 0 aliphatic rings. The quantitative estimate of drug-likeness (QED) is 0.332. The van der Waals surface area contributed by atoms with Crippen LogP contribution in [-0.4, -0.2) is 21.1 Å². The third kappa shape index (κ3) is 6.81. The number of ketones is 1. The molecular weight excluding hydrogens is 364 g/mol. The first-order valence-corrected chi connectivity index (χ1v) is 10.2. The normalized spacial score (nSPS) is 11.5. The molecule has 4 heteroatoms. The molecule has 1 rings (SSSR count). The van der Waals surface area contributed by atoms with Crippen LogP contribution in [-0.2, 0) is 12.8 Å². The second-order valence-corrected chi connectivity index (χ2v) is 8.46. The number of carbonyl (C=O) groups excluding carboxylic acids is 1. The SMILES string of the molecule is CC(C)=CCC/C(C)=C/Cc1c(O)c(CC=C(C)C)c(O)c(C(=O)C(C)C)c1O. The number of phenols is 3. The highest BCUT2D eigenvalue weighted by molar-refractivity contribution is 6.03. The number of carbonyl (C=O) groups is 1. The summed E-state index contributed by atoms with van der Waals surface area (Å²) in [7, 11) is 0. The first-order valence-electron chi connectivity index (χ1n) is 10.2. The molecule has 0 unspecified atom stereocenters. The second-order valence-electron chi connectivity index (χ2n) is 8.46. The molecule has 0 saturated heterocycles. The van der Waals surface area contributed by atoms with E-state index in [9.17, 15) is 20.1 Å². The van der Waals surface area contributed by atoms with E-state index >= 15 is 0 Å². The molecule has 29 heavy (non-hydrogen) atoms. The summed E-state index contributed by atoms with van der Waals surface area (Å²) >= 11 is 0. The number of aromatic hydroxyl groups is 3. The molecule has 0 radical (unpaired) electrons. The van der Waals surface area contributed by atoms with Crippen LogP contribution >= 0.6 is 0 Å². The molecule has 0 spiro atoms. The van der Waals surface area contributed by atoms with Crippen molar-refractivity contribution in [3.8, 4) is 17.2 Å². The predicted octanol–water partition coefficient (Wildman–Crippen LogP) is 6.39. The van der Waals surface area contributed by atoms with Gasteiger partial charge >= 0.3 is 0 Å². The van der Waals surface area contributed by atoms with Crippen LogP contribution in [0.3, 0.4) is 0 Å². The molecule has 0 aromatic heterocycles. The summed E-state index contributed by atoms with van der Waals surface area (Å²) in [5, 5.41) is 32.2. The number of phenolic OH excluding ortho intramolecular Hbond substituents is 3. The molecule has 0 atom stereocenters. The molecule has 0 amide bonds. The average Bonchev–Trinajstić information content (AvgIpc) is 2.60. The summed E-state index contributed by atoms with van der Waals surface area (Å²) in [4.78, 5) is 12.6. The van der Waals surface area contributed by atoms with E-state index in [1.807, 2.05) is 32.9 Å². The van der Waals surface area contributed by atoms with E-state index < -0.39 is 0 Å². The van der Waals surface area contributed by atoms with Gasteiger partial charge < -0.3 is 15.3 Å². The Morgan fingerprint density at radius 1 is 0.793 bits per heavy atom. The first-order chi connectivity index (χ1) is 13.5. The third-order valence-electron chi connectivity index (χ3n) is 4.85. The van der Waals surface area contributed by atoms with Crippen LogP contribution in [0.15, 0.2) is 34.9 Å². The van der Waals surface area contributed by atoms with E-state index in [0.717, 1.165) is 24.0 Å². The Hall–Kier alpha value is -2.49. The van der Waals surface area contributed by atoms with Gasteiger partial charge in [0.1, 0.15) is 22.8 Å². The molecule has 0 aliphatic heterocycles. The van der Waals surface area contributed by atoms with Gasteiger partial charge in [-0.25, -0.2) is 0 Å². The van der Waals surface area contributed by atoms with E-state index in [4.69, 9.17) is 0 Å². The van der Waals surface area contributed by atoms with E-state index in [1.165, 1.54) is 5.57 Å². The summed E-state index contributed by atoms with van der Waals surface area (Å²) in [6.07, 6.45) is 8.39. The van der Waals surface area contributed by atoms with Crippen molar-refractivity contribution in [2.75, 3.05) is 0 Å². The van der Waals surface area contributed by atoms with Gasteiger partial charge in [-0.1, -0.05) is 48.8 Å². The van der Waals surface area contributed by atoms with Gasteiger partial charge in [0, 0.05) is 17.0 Å². The van der Waals surface area contributed by atoms with Crippen LogP contribution in [0.5, 0.6) is 17.2 Å². The highest BCUT2D eigenvalue weighted by Crippen LogP contribution is 2.44. The van der Waals surface area contributed by atoms with Gasteiger partial charge in [-0.3, -0.25) is 4.79 Å². The van der Waals surface area contributed by atoms with Crippen molar-refractivity contribution in [3.05, 3.63) is 51.6 Å². The molecule has 4 nitrogen and oxygen atoms in total. The van der Waals surface area contributed by atoms with Crippen molar-refractivity contribution < 1.29 is 20.1 Å². The van der Waals surface area contributed by atoms with Crippen molar-refractivity contribution in [1.82, 2.24) is 0 Å². The van der Waals surface area contributed by atoms with Crippen molar-refractivity contribution in [2.24, 2.45) is 5.92 Å². The molecule has 0 saturated carbocycles. The van der Waals surface area contributed by atoms with Crippen molar-refractivity contribution in [1.29, 1.82) is 0 Å². The van der Waals surface area contributed by atoms with Gasteiger partial charge in [-0.2, -0.15) is 0 Å². The monoisotopic (exact) mass is 400 g/mol. The fourth-order valence-corrected chi connectivity index (χ4v) is 3.00. The number of hydrogen-bond donors (Lipinski definition) is 3. The van der Waals surface area contributed by atoms with Crippen molar-refractivity contribution >= 4 is 5.78 Å². The van der Waals surface area contributed by atoms with Crippen LogP contribution in [0.1, 0.15) is 82.8 Å². The summed E-state index contributed by atoms with van der Waals surface area (Å²) in [5.41, 5.74) is 3.90. The smallest absolute Gasteiger partial charge is 0.172 e. The zero-order valence-corrected chi connectivity index (χ0v) is 18.9. The van der Waals surface area contributed by atoms with Crippen LogP contribution in [0.4, 0.5) is 0 Å². The number of benzene rings is 1. The lowest BCUT2D eigenvalue weighted by molar-refractivity contribution is 0.0933. The van der Waals surface area contributed by atoms with Crippen LogP contribution < -0.4 is 0 Å². The lowest BCUT2D eigenvalue weighted by atomic mass is 9.90. The molecule has 1 aromatic rings. The largest absolute Gasteiger partial charge is 0.507 e. The van der Waals surface area contributed by atoms with Crippen molar-refractivity contribution in [2.45, 2.75) is 74.1 Å². The summed E-state index contributed by atoms with van der Waals surface area (Å²) in [5.74, 6) is -1.53. The standard InChI is InChI=1S/C25H36O4/c1-15(2)9-8-10-18(7)12-14-20-23(27)19(13-11-16(3)4)24(28)21(25(20)29)22(26)17(5)6/h9,11-12,17,27-29H,8,10,13-14H2,1-7H3/b18-12+. The van der Waals surface area contributed by atoms with E-state index in [2.05, 4.69) is 19.9 Å². The molecule has 160 valence electrons. The average molecular weight is 401 g/mol. The summed E-state index contributed by atoms with van der Waals surface area (Å²) in [6, 6.07) is 0. The topological polar surface area (TPSA) is 77.8 Å². The lowest BCUT2D eigenvalue weighted by Gasteiger charge is -2.18. The lowest BCUT2D eigenvalue weighted by Crippen LogP contribution is -2.10. The van der Waals surface area contributed by atoms with Gasteiger partial charge in [0.15, 0.2) is 5.78 Å². The highest BCUT2D eigenvalue weighted by atomic mass is 16.3. The van der Waals surface area contributed by atoms with E-state index in [-0.39, 0.29) is 52.1 Å². The molecule has 3 N–H and O–H groups in total. The third-order valence-corrected chi connectivity index (χ3v) is 4.85. The van der Waals surface area contributed by atoms with Crippen LogP contribution in [0, 0.1) is 5.92 Å². The highest BCUT2D eigenvalue weighted by Gasteiger charge is 2.27. The first kappa shape index (κ1) is 24.5. The number of rotatable bonds is 9. The minimum atomic E-state index is -0.387.